The maximum absolute atomic E-state index is 12.8. The van der Waals surface area contributed by atoms with Gasteiger partial charge in [-0.2, -0.15) is 0 Å². The molecule has 0 radical (unpaired) electrons. The van der Waals surface area contributed by atoms with Gasteiger partial charge in [-0.05, 0) is 56.9 Å². The van der Waals surface area contributed by atoms with E-state index in [0.717, 1.165) is 17.7 Å². The normalized spacial score (nSPS) is 23.3. The number of carbonyl (C=O) groups excluding carboxylic acids is 1. The third-order valence-electron chi connectivity index (χ3n) is 5.78. The van der Waals surface area contributed by atoms with E-state index in [1.807, 2.05) is 31.2 Å². The van der Waals surface area contributed by atoms with Gasteiger partial charge >= 0.3 is 0 Å². The van der Waals surface area contributed by atoms with Gasteiger partial charge in [-0.15, -0.1) is 0 Å². The molecule has 1 unspecified atom stereocenters. The van der Waals surface area contributed by atoms with Crippen molar-refractivity contribution in [3.63, 3.8) is 0 Å². The number of allylic oxidation sites excluding steroid dienone is 1. The molecule has 2 aliphatic rings. The summed E-state index contributed by atoms with van der Waals surface area (Å²) in [6, 6.07) is 11.8. The number of hydrogen-bond acceptors (Lipinski definition) is 3. The molecular formula is C23H26NO3+. The Morgan fingerprint density at radius 1 is 1.19 bits per heavy atom. The van der Waals surface area contributed by atoms with Crippen LogP contribution in [0.1, 0.15) is 53.2 Å². The van der Waals surface area contributed by atoms with Crippen LogP contribution < -0.4 is 9.64 Å². The van der Waals surface area contributed by atoms with Gasteiger partial charge < -0.3 is 14.7 Å². The quantitative estimate of drug-likeness (QED) is 0.822. The highest BCUT2D eigenvalue weighted by Gasteiger charge is 2.33. The van der Waals surface area contributed by atoms with Crippen molar-refractivity contribution >= 4 is 11.9 Å². The number of quaternary nitrogens is 1. The van der Waals surface area contributed by atoms with Crippen molar-refractivity contribution in [2.45, 2.75) is 45.7 Å². The molecule has 0 amide bonds. The zero-order valence-electron chi connectivity index (χ0n) is 15.9. The number of ketones is 1. The molecule has 4 nitrogen and oxygen atoms in total. The highest BCUT2D eigenvalue weighted by molar-refractivity contribution is 6.14. The van der Waals surface area contributed by atoms with Gasteiger partial charge in [0.15, 0.2) is 11.5 Å². The summed E-state index contributed by atoms with van der Waals surface area (Å²) in [5.41, 5.74) is 3.39. The Kier molecular flexibility index (Phi) is 4.75. The Morgan fingerprint density at radius 3 is 2.70 bits per heavy atom. The number of fused-ring (bicyclic) bond motifs is 1. The van der Waals surface area contributed by atoms with Gasteiger partial charge in [0, 0.05) is 0 Å². The van der Waals surface area contributed by atoms with Crippen LogP contribution in [-0.4, -0.2) is 23.5 Å². The Hall–Kier alpha value is -2.59. The minimum Gasteiger partial charge on any atom is -0.507 e. The SMILES string of the molecule is Cc1ccc(/C=C2\Oc3c(ccc(O)c3C[NH+]3CCCC[C@@H]3C)C2=O)cc1. The molecule has 0 spiro atoms. The highest BCUT2D eigenvalue weighted by Crippen LogP contribution is 2.39. The molecule has 1 saturated heterocycles. The number of ether oxygens (including phenoxy) is 1. The molecule has 2 heterocycles. The van der Waals surface area contributed by atoms with Gasteiger partial charge in [-0.1, -0.05) is 29.8 Å². The number of piperidine rings is 1. The predicted octanol–water partition coefficient (Wildman–Crippen LogP) is 3.27. The first-order valence-corrected chi connectivity index (χ1v) is 9.73. The van der Waals surface area contributed by atoms with Crippen LogP contribution >= 0.6 is 0 Å². The van der Waals surface area contributed by atoms with E-state index in [9.17, 15) is 9.90 Å². The van der Waals surface area contributed by atoms with Crippen LogP contribution in [0.4, 0.5) is 0 Å². The largest absolute Gasteiger partial charge is 0.507 e. The van der Waals surface area contributed by atoms with Gasteiger partial charge in [0.1, 0.15) is 12.3 Å². The number of hydrogen-bond donors (Lipinski definition) is 2. The maximum atomic E-state index is 12.8. The standard InChI is InChI=1S/C23H25NO3/c1-15-6-8-17(9-7-15)13-21-22(26)18-10-11-20(25)19(23(18)27-21)14-24-12-4-3-5-16(24)2/h6-11,13,16,25H,3-5,12,14H2,1-2H3/p+1/b21-13-/t16-/m0/s1. The maximum Gasteiger partial charge on any atom is 0.231 e. The smallest absolute Gasteiger partial charge is 0.231 e. The van der Waals surface area contributed by atoms with E-state index in [0.29, 0.717) is 29.7 Å². The first kappa shape index (κ1) is 17.8. The van der Waals surface area contributed by atoms with E-state index in [4.69, 9.17) is 4.74 Å². The van der Waals surface area contributed by atoms with Crippen LogP contribution in [0.25, 0.3) is 6.08 Å². The summed E-state index contributed by atoms with van der Waals surface area (Å²) in [6.07, 6.45) is 5.44. The number of benzene rings is 2. The molecule has 4 rings (SSSR count). The van der Waals surface area contributed by atoms with Crippen LogP contribution in [0.3, 0.4) is 0 Å². The number of rotatable bonds is 3. The summed E-state index contributed by atoms with van der Waals surface area (Å²) >= 11 is 0. The highest BCUT2D eigenvalue weighted by atomic mass is 16.5. The van der Waals surface area contributed by atoms with Crippen LogP contribution in [0.5, 0.6) is 11.5 Å². The van der Waals surface area contributed by atoms with Crippen LogP contribution in [0.15, 0.2) is 42.2 Å². The molecule has 1 fully saturated rings. The lowest BCUT2D eigenvalue weighted by molar-refractivity contribution is -0.941. The van der Waals surface area contributed by atoms with E-state index in [2.05, 4.69) is 6.92 Å². The molecular weight excluding hydrogens is 338 g/mol. The molecule has 0 saturated carbocycles. The van der Waals surface area contributed by atoms with E-state index in [-0.39, 0.29) is 11.5 Å². The fourth-order valence-corrected chi connectivity index (χ4v) is 4.02. The van der Waals surface area contributed by atoms with Crippen molar-refractivity contribution in [3.05, 3.63) is 64.4 Å². The molecule has 2 N–H and O–H groups in total. The molecule has 0 bridgehead atoms. The second-order valence-electron chi connectivity index (χ2n) is 7.77. The summed E-state index contributed by atoms with van der Waals surface area (Å²) in [6.45, 7) is 6.05. The van der Waals surface area contributed by atoms with Crippen molar-refractivity contribution in [2.75, 3.05) is 6.54 Å². The van der Waals surface area contributed by atoms with Crippen LogP contribution in [0.2, 0.25) is 0 Å². The molecule has 140 valence electrons. The van der Waals surface area contributed by atoms with Gasteiger partial charge in [0.25, 0.3) is 0 Å². The number of Topliss-reactive ketones (excluding diaryl/α,β-unsaturated/α-hetero) is 1. The van der Waals surface area contributed by atoms with Crippen molar-refractivity contribution in [1.29, 1.82) is 0 Å². The van der Waals surface area contributed by atoms with Crippen molar-refractivity contribution in [2.24, 2.45) is 0 Å². The van der Waals surface area contributed by atoms with Crippen molar-refractivity contribution < 1.29 is 19.5 Å². The third-order valence-corrected chi connectivity index (χ3v) is 5.78. The van der Waals surface area contributed by atoms with Gasteiger partial charge in [-0.3, -0.25) is 4.79 Å². The molecule has 2 aromatic rings. The second-order valence-corrected chi connectivity index (χ2v) is 7.77. The number of aromatic hydroxyl groups is 1. The summed E-state index contributed by atoms with van der Waals surface area (Å²) in [7, 11) is 0. The van der Waals surface area contributed by atoms with E-state index >= 15 is 0 Å². The lowest BCUT2D eigenvalue weighted by Gasteiger charge is -2.30. The van der Waals surface area contributed by atoms with Gasteiger partial charge in [0.2, 0.25) is 5.78 Å². The van der Waals surface area contributed by atoms with Crippen molar-refractivity contribution in [1.82, 2.24) is 0 Å². The molecule has 2 aromatic carbocycles. The zero-order valence-corrected chi connectivity index (χ0v) is 15.9. The average molecular weight is 364 g/mol. The minimum absolute atomic E-state index is 0.117. The Balaban J connectivity index is 1.65. The fourth-order valence-electron chi connectivity index (χ4n) is 4.02. The topological polar surface area (TPSA) is 51.0 Å². The number of phenolic OH excluding ortho intramolecular Hbond substituents is 1. The number of carbonyl (C=O) groups is 1. The van der Waals surface area contributed by atoms with Gasteiger partial charge in [-0.25, -0.2) is 0 Å². The molecule has 2 aliphatic heterocycles. The monoisotopic (exact) mass is 364 g/mol. The molecule has 2 atom stereocenters. The summed E-state index contributed by atoms with van der Waals surface area (Å²) in [5, 5.41) is 10.5. The Bertz CT molecular complexity index is 899. The summed E-state index contributed by atoms with van der Waals surface area (Å²) in [4.78, 5) is 14.2. The average Bonchev–Trinajstić information content (AvgIpc) is 2.97. The Morgan fingerprint density at radius 2 is 1.96 bits per heavy atom. The number of nitrogens with one attached hydrogen (secondary N) is 1. The van der Waals surface area contributed by atoms with E-state index in [1.165, 1.54) is 29.7 Å². The first-order valence-electron chi connectivity index (χ1n) is 9.73. The van der Waals surface area contributed by atoms with E-state index < -0.39 is 0 Å². The second kappa shape index (κ2) is 7.20. The zero-order chi connectivity index (χ0) is 19.0. The summed E-state index contributed by atoms with van der Waals surface area (Å²) < 4.78 is 5.98. The van der Waals surface area contributed by atoms with Gasteiger partial charge in [0.05, 0.1) is 23.7 Å². The minimum atomic E-state index is -0.117. The molecule has 4 heteroatoms. The molecule has 0 aromatic heterocycles. The number of aryl methyl sites for hydroxylation is 1. The number of phenols is 1. The lowest BCUT2D eigenvalue weighted by atomic mass is 10.0. The first-order chi connectivity index (χ1) is 13.0. The lowest BCUT2D eigenvalue weighted by Crippen LogP contribution is -3.14. The molecule has 27 heavy (non-hydrogen) atoms. The third kappa shape index (κ3) is 3.50. The number of likely N-dealkylation sites (tertiary alicyclic amines) is 1. The van der Waals surface area contributed by atoms with E-state index in [1.54, 1.807) is 18.2 Å². The van der Waals surface area contributed by atoms with Crippen LogP contribution in [-0.2, 0) is 6.54 Å². The predicted molar refractivity (Wildman–Crippen MR) is 105 cm³/mol. The molecule has 0 aliphatic carbocycles. The Labute approximate surface area is 160 Å². The summed E-state index contributed by atoms with van der Waals surface area (Å²) in [5.74, 6) is 0.947. The van der Waals surface area contributed by atoms with Crippen LogP contribution in [0, 0.1) is 6.92 Å². The van der Waals surface area contributed by atoms with Crippen molar-refractivity contribution in [3.8, 4) is 11.5 Å². The fraction of sp³-hybridized carbons (Fsp3) is 0.348.